The van der Waals surface area contributed by atoms with E-state index in [2.05, 4.69) is 58.2 Å². The summed E-state index contributed by atoms with van der Waals surface area (Å²) in [5, 5.41) is 27.4. The maximum absolute atomic E-state index is 10.6. The van der Waals surface area contributed by atoms with E-state index in [1.54, 1.807) is 16.9 Å². The van der Waals surface area contributed by atoms with Crippen LogP contribution in [0.3, 0.4) is 0 Å². The first-order valence-electron chi connectivity index (χ1n) is 10.6. The van der Waals surface area contributed by atoms with Gasteiger partial charge in [-0.05, 0) is 58.7 Å². The highest BCUT2D eigenvalue weighted by Gasteiger charge is 2.39. The molecule has 1 aliphatic heterocycles. The fourth-order valence-electron chi connectivity index (χ4n) is 4.74. The number of hydrogen-bond acceptors (Lipinski definition) is 7. The van der Waals surface area contributed by atoms with Gasteiger partial charge in [0.05, 0.1) is 11.9 Å². The zero-order chi connectivity index (χ0) is 22.4. The number of phenolic OH excluding ortho intramolecular Hbond substituents is 1. The number of benzene rings is 1. The van der Waals surface area contributed by atoms with Gasteiger partial charge in [-0.3, -0.25) is 4.68 Å². The second-order valence-corrected chi connectivity index (χ2v) is 9.82. The van der Waals surface area contributed by atoms with E-state index in [0.717, 1.165) is 24.1 Å². The summed E-state index contributed by atoms with van der Waals surface area (Å²) in [6.07, 6.45) is 5.53. The molecule has 2 aromatic heterocycles. The van der Waals surface area contributed by atoms with Crippen LogP contribution in [0.2, 0.25) is 0 Å². The van der Waals surface area contributed by atoms with Crippen molar-refractivity contribution >= 4 is 5.95 Å². The van der Waals surface area contributed by atoms with Crippen LogP contribution in [0.5, 0.6) is 5.75 Å². The van der Waals surface area contributed by atoms with Gasteiger partial charge in [-0.2, -0.15) is 5.10 Å². The Morgan fingerprint density at radius 2 is 1.77 bits per heavy atom. The Labute approximate surface area is 183 Å². The lowest BCUT2D eigenvalue weighted by atomic mass is 9.79. The van der Waals surface area contributed by atoms with E-state index < -0.39 is 0 Å². The average Bonchev–Trinajstić information content (AvgIpc) is 3.11. The van der Waals surface area contributed by atoms with E-state index in [9.17, 15) is 5.11 Å². The summed E-state index contributed by atoms with van der Waals surface area (Å²) < 4.78 is 1.73. The third-order valence-electron chi connectivity index (χ3n) is 5.86. The summed E-state index contributed by atoms with van der Waals surface area (Å²) in [5.74, 6) is 0.717. The van der Waals surface area contributed by atoms with Crippen molar-refractivity contribution in [3.8, 4) is 28.3 Å². The SMILES string of the molecule is CN(c1ncc(-c2ccc(-c3ccn(C)n3)cc2O)nn1)C1CC(C)(C)NC(C)(C)C1. The highest BCUT2D eigenvalue weighted by atomic mass is 16.3. The molecule has 3 heterocycles. The van der Waals surface area contributed by atoms with E-state index in [1.807, 2.05) is 38.5 Å². The molecule has 1 saturated heterocycles. The van der Waals surface area contributed by atoms with Crippen LogP contribution in [0.4, 0.5) is 5.95 Å². The molecule has 1 aromatic carbocycles. The van der Waals surface area contributed by atoms with Crippen molar-refractivity contribution in [2.45, 2.75) is 57.7 Å². The van der Waals surface area contributed by atoms with Crippen LogP contribution in [0.25, 0.3) is 22.5 Å². The van der Waals surface area contributed by atoms with Crippen molar-refractivity contribution in [3.05, 3.63) is 36.7 Å². The van der Waals surface area contributed by atoms with E-state index >= 15 is 0 Å². The van der Waals surface area contributed by atoms with Gasteiger partial charge in [0, 0.05) is 48.5 Å². The van der Waals surface area contributed by atoms with Crippen LogP contribution in [-0.2, 0) is 7.05 Å². The molecule has 1 aliphatic rings. The Kier molecular flexibility index (Phi) is 5.21. The Hall–Kier alpha value is -3.00. The molecule has 0 saturated carbocycles. The monoisotopic (exact) mass is 421 g/mol. The minimum Gasteiger partial charge on any atom is -0.507 e. The summed E-state index contributed by atoms with van der Waals surface area (Å²) >= 11 is 0. The molecule has 164 valence electrons. The maximum atomic E-state index is 10.6. The molecule has 8 heteroatoms. The second kappa shape index (κ2) is 7.60. The molecular weight excluding hydrogens is 390 g/mol. The lowest BCUT2D eigenvalue weighted by Crippen LogP contribution is -2.62. The lowest BCUT2D eigenvalue weighted by Gasteiger charge is -2.48. The third-order valence-corrected chi connectivity index (χ3v) is 5.86. The minimum absolute atomic E-state index is 0.0369. The van der Waals surface area contributed by atoms with Crippen LogP contribution in [0.15, 0.2) is 36.7 Å². The minimum atomic E-state index is 0.0369. The fourth-order valence-corrected chi connectivity index (χ4v) is 4.74. The molecular formula is C23H31N7O. The van der Waals surface area contributed by atoms with Crippen molar-refractivity contribution in [1.82, 2.24) is 30.3 Å². The van der Waals surface area contributed by atoms with Crippen LogP contribution < -0.4 is 10.2 Å². The summed E-state index contributed by atoms with van der Waals surface area (Å²) in [7, 11) is 3.89. The summed E-state index contributed by atoms with van der Waals surface area (Å²) in [4.78, 5) is 6.67. The Balaban J connectivity index is 1.54. The first-order chi connectivity index (χ1) is 14.5. The van der Waals surface area contributed by atoms with Gasteiger partial charge in [-0.25, -0.2) is 4.98 Å². The normalized spacial score (nSPS) is 18.1. The largest absolute Gasteiger partial charge is 0.507 e. The van der Waals surface area contributed by atoms with Crippen LogP contribution in [0, 0.1) is 0 Å². The number of aromatic nitrogens is 5. The number of anilines is 1. The van der Waals surface area contributed by atoms with E-state index in [4.69, 9.17) is 0 Å². The van der Waals surface area contributed by atoms with Gasteiger partial charge in [-0.1, -0.05) is 6.07 Å². The molecule has 2 N–H and O–H groups in total. The molecule has 0 aliphatic carbocycles. The highest BCUT2D eigenvalue weighted by molar-refractivity contribution is 5.72. The third kappa shape index (κ3) is 4.54. The number of rotatable bonds is 4. The first kappa shape index (κ1) is 21.2. The number of piperidine rings is 1. The highest BCUT2D eigenvalue weighted by Crippen LogP contribution is 2.34. The lowest BCUT2D eigenvalue weighted by molar-refractivity contribution is 0.160. The molecule has 8 nitrogen and oxygen atoms in total. The van der Waals surface area contributed by atoms with Crippen LogP contribution >= 0.6 is 0 Å². The average molecular weight is 422 g/mol. The molecule has 1 fully saturated rings. The predicted octanol–water partition coefficient (Wildman–Crippen LogP) is 3.39. The quantitative estimate of drug-likeness (QED) is 0.667. The summed E-state index contributed by atoms with van der Waals surface area (Å²) in [6, 6.07) is 7.65. The van der Waals surface area contributed by atoms with Crippen molar-refractivity contribution in [1.29, 1.82) is 0 Å². The number of aromatic hydroxyl groups is 1. The second-order valence-electron chi connectivity index (χ2n) is 9.82. The smallest absolute Gasteiger partial charge is 0.245 e. The summed E-state index contributed by atoms with van der Waals surface area (Å²) in [5.41, 5.74) is 2.85. The van der Waals surface area contributed by atoms with Gasteiger partial charge in [0.25, 0.3) is 0 Å². The molecule has 4 rings (SSSR count). The van der Waals surface area contributed by atoms with E-state index in [-0.39, 0.29) is 16.8 Å². The first-order valence-corrected chi connectivity index (χ1v) is 10.6. The fraction of sp³-hybridized carbons (Fsp3) is 0.478. The van der Waals surface area contributed by atoms with Crippen molar-refractivity contribution in [3.63, 3.8) is 0 Å². The zero-order valence-electron chi connectivity index (χ0n) is 19.1. The molecule has 0 bridgehead atoms. The number of aryl methyl sites for hydroxylation is 1. The zero-order valence-corrected chi connectivity index (χ0v) is 19.1. The number of nitrogens with one attached hydrogen (secondary N) is 1. The molecule has 0 unspecified atom stereocenters. The Morgan fingerprint density at radius 3 is 2.32 bits per heavy atom. The van der Waals surface area contributed by atoms with Gasteiger partial charge in [0.2, 0.25) is 5.95 Å². The molecule has 0 radical (unpaired) electrons. The van der Waals surface area contributed by atoms with Gasteiger partial charge in [0.15, 0.2) is 0 Å². The Morgan fingerprint density at radius 1 is 1.06 bits per heavy atom. The van der Waals surface area contributed by atoms with Crippen molar-refractivity contribution in [2.75, 3.05) is 11.9 Å². The van der Waals surface area contributed by atoms with E-state index in [1.165, 1.54) is 0 Å². The van der Waals surface area contributed by atoms with Gasteiger partial charge in [0.1, 0.15) is 11.4 Å². The van der Waals surface area contributed by atoms with Gasteiger partial charge < -0.3 is 15.3 Å². The van der Waals surface area contributed by atoms with Crippen LogP contribution in [0.1, 0.15) is 40.5 Å². The maximum Gasteiger partial charge on any atom is 0.245 e. The van der Waals surface area contributed by atoms with Gasteiger partial charge >= 0.3 is 0 Å². The summed E-state index contributed by atoms with van der Waals surface area (Å²) in [6.45, 7) is 8.92. The molecule has 3 aromatic rings. The standard InChI is InChI=1S/C23H31N7O/c1-22(2)12-16(13-23(3,4)28-22)30(6)21-24-14-19(25-26-21)17-8-7-15(11-20(17)31)18-9-10-29(5)27-18/h7-11,14,16,28,31H,12-13H2,1-6H3. The van der Waals surface area contributed by atoms with Crippen molar-refractivity contribution < 1.29 is 5.11 Å². The molecule has 0 atom stereocenters. The van der Waals surface area contributed by atoms with Crippen LogP contribution in [-0.4, -0.2) is 54.2 Å². The van der Waals surface area contributed by atoms with Gasteiger partial charge in [-0.15, -0.1) is 10.2 Å². The van der Waals surface area contributed by atoms with Crippen molar-refractivity contribution in [2.24, 2.45) is 7.05 Å². The number of phenols is 1. The Bertz CT molecular complexity index is 1060. The molecule has 31 heavy (non-hydrogen) atoms. The molecule has 0 amide bonds. The number of hydrogen-bond donors (Lipinski definition) is 2. The topological polar surface area (TPSA) is 92.0 Å². The van der Waals surface area contributed by atoms with E-state index in [0.29, 0.717) is 23.2 Å². The predicted molar refractivity (Wildman–Crippen MR) is 122 cm³/mol. The number of nitrogens with zero attached hydrogens (tertiary/aromatic N) is 6. The molecule has 0 spiro atoms.